The monoisotopic (exact) mass is 273 g/mol. The Labute approximate surface area is 121 Å². The van der Waals surface area contributed by atoms with Crippen LogP contribution in [0.15, 0.2) is 59.4 Å². The lowest BCUT2D eigenvalue weighted by atomic mass is 10.1. The molecule has 4 nitrogen and oxygen atoms in total. The van der Waals surface area contributed by atoms with Crippen molar-refractivity contribution in [2.24, 2.45) is 0 Å². The van der Waals surface area contributed by atoms with Crippen molar-refractivity contribution in [3.63, 3.8) is 0 Å². The summed E-state index contributed by atoms with van der Waals surface area (Å²) in [5, 5.41) is 9.84. The molecular formula is C17H11N3O. The molecule has 1 N–H and O–H groups in total. The van der Waals surface area contributed by atoms with Crippen LogP contribution in [0.3, 0.4) is 0 Å². The normalized spacial score (nSPS) is 11.3. The van der Waals surface area contributed by atoms with Gasteiger partial charge >= 0.3 is 0 Å². The number of rotatable bonds is 2. The van der Waals surface area contributed by atoms with E-state index in [1.54, 1.807) is 24.3 Å². The third-order valence-corrected chi connectivity index (χ3v) is 3.10. The summed E-state index contributed by atoms with van der Waals surface area (Å²) >= 11 is 0. The van der Waals surface area contributed by atoms with Crippen molar-refractivity contribution in [1.29, 1.82) is 5.26 Å². The molecule has 0 spiro atoms. The molecule has 0 fully saturated rings. The Morgan fingerprint density at radius 2 is 1.81 bits per heavy atom. The van der Waals surface area contributed by atoms with Crippen molar-refractivity contribution in [3.05, 3.63) is 76.3 Å². The quantitative estimate of drug-likeness (QED) is 0.730. The molecule has 1 heterocycles. The van der Waals surface area contributed by atoms with Gasteiger partial charge in [0.1, 0.15) is 6.07 Å². The van der Waals surface area contributed by atoms with Crippen LogP contribution in [0.25, 0.3) is 22.6 Å². The van der Waals surface area contributed by atoms with Gasteiger partial charge in [0.2, 0.25) is 0 Å². The molecule has 4 heteroatoms. The number of H-pyrrole nitrogens is 1. The third kappa shape index (κ3) is 2.58. The summed E-state index contributed by atoms with van der Waals surface area (Å²) in [4.78, 5) is 19.1. The number of allylic oxidation sites excluding steroid dienone is 1. The Bertz CT molecular complexity index is 918. The topological polar surface area (TPSA) is 69.5 Å². The van der Waals surface area contributed by atoms with E-state index in [2.05, 4.69) is 16.0 Å². The van der Waals surface area contributed by atoms with Crippen LogP contribution in [-0.4, -0.2) is 9.97 Å². The number of hydrogen-bond acceptors (Lipinski definition) is 3. The fourth-order valence-electron chi connectivity index (χ4n) is 2.08. The predicted octanol–water partition coefficient (Wildman–Crippen LogP) is 2.99. The van der Waals surface area contributed by atoms with Gasteiger partial charge in [-0.05, 0) is 23.8 Å². The van der Waals surface area contributed by atoms with Crippen molar-refractivity contribution >= 4 is 22.6 Å². The highest BCUT2D eigenvalue weighted by molar-refractivity contribution is 5.89. The van der Waals surface area contributed by atoms with Crippen molar-refractivity contribution in [2.75, 3.05) is 0 Å². The Balaban J connectivity index is 2.17. The number of nitriles is 1. The molecule has 0 aliphatic rings. The van der Waals surface area contributed by atoms with Gasteiger partial charge in [-0.15, -0.1) is 0 Å². The van der Waals surface area contributed by atoms with Gasteiger partial charge in [-0.2, -0.15) is 5.26 Å². The van der Waals surface area contributed by atoms with E-state index >= 15 is 0 Å². The van der Waals surface area contributed by atoms with E-state index in [0.717, 1.165) is 5.56 Å². The summed E-state index contributed by atoms with van der Waals surface area (Å²) in [5.41, 5.74) is 1.53. The van der Waals surface area contributed by atoms with Crippen LogP contribution >= 0.6 is 0 Å². The molecule has 0 radical (unpaired) electrons. The van der Waals surface area contributed by atoms with Crippen LogP contribution in [0.1, 0.15) is 11.4 Å². The van der Waals surface area contributed by atoms with Gasteiger partial charge < -0.3 is 4.98 Å². The highest BCUT2D eigenvalue weighted by atomic mass is 16.1. The lowest BCUT2D eigenvalue weighted by Crippen LogP contribution is -2.11. The molecule has 2 aromatic carbocycles. The molecule has 0 saturated carbocycles. The zero-order valence-corrected chi connectivity index (χ0v) is 11.1. The van der Waals surface area contributed by atoms with Gasteiger partial charge in [0, 0.05) is 0 Å². The van der Waals surface area contributed by atoms with E-state index in [1.165, 1.54) is 0 Å². The summed E-state index contributed by atoms with van der Waals surface area (Å²) in [6.45, 7) is 0. The fourth-order valence-corrected chi connectivity index (χ4v) is 2.08. The lowest BCUT2D eigenvalue weighted by Gasteiger charge is -2.02. The van der Waals surface area contributed by atoms with Gasteiger partial charge in [0.05, 0.1) is 16.5 Å². The summed E-state index contributed by atoms with van der Waals surface area (Å²) in [6, 6.07) is 18.6. The van der Waals surface area contributed by atoms with Crippen LogP contribution in [0, 0.1) is 11.3 Å². The maximum Gasteiger partial charge on any atom is 0.259 e. The van der Waals surface area contributed by atoms with Crippen molar-refractivity contribution in [3.8, 4) is 6.07 Å². The molecule has 3 rings (SSSR count). The summed E-state index contributed by atoms with van der Waals surface area (Å²) < 4.78 is 0. The van der Waals surface area contributed by atoms with Crippen LogP contribution in [0.4, 0.5) is 0 Å². The van der Waals surface area contributed by atoms with Crippen LogP contribution in [0.5, 0.6) is 0 Å². The van der Waals surface area contributed by atoms with E-state index < -0.39 is 0 Å². The number of benzene rings is 2. The second-order valence-electron chi connectivity index (χ2n) is 4.51. The Morgan fingerprint density at radius 1 is 1.10 bits per heavy atom. The van der Waals surface area contributed by atoms with Crippen molar-refractivity contribution < 1.29 is 0 Å². The molecule has 0 unspecified atom stereocenters. The second-order valence-corrected chi connectivity index (χ2v) is 4.51. The number of aromatic amines is 1. The maximum absolute atomic E-state index is 12.0. The molecule has 0 amide bonds. The molecule has 0 aliphatic heterocycles. The zero-order valence-electron chi connectivity index (χ0n) is 11.1. The van der Waals surface area contributed by atoms with Crippen LogP contribution in [0.2, 0.25) is 0 Å². The first-order valence-electron chi connectivity index (χ1n) is 6.44. The standard InChI is InChI=1S/C17H11N3O/c18-11-13(10-12-6-2-1-3-7-12)16-19-15-9-5-4-8-14(15)17(21)20-16/h1-10H,(H,19,20,21)/b13-10-. The summed E-state index contributed by atoms with van der Waals surface area (Å²) in [7, 11) is 0. The molecule has 0 atom stereocenters. The molecule has 0 bridgehead atoms. The van der Waals surface area contributed by atoms with Gasteiger partial charge in [0.25, 0.3) is 5.56 Å². The van der Waals surface area contributed by atoms with Crippen LogP contribution < -0.4 is 5.56 Å². The molecule has 0 aliphatic carbocycles. The van der Waals surface area contributed by atoms with E-state index in [1.807, 2.05) is 36.4 Å². The molecule has 3 aromatic rings. The Morgan fingerprint density at radius 3 is 2.57 bits per heavy atom. The zero-order chi connectivity index (χ0) is 14.7. The van der Waals surface area contributed by atoms with E-state index in [9.17, 15) is 10.1 Å². The number of aromatic nitrogens is 2. The number of para-hydroxylation sites is 1. The minimum atomic E-state index is -0.246. The number of hydrogen-bond donors (Lipinski definition) is 1. The minimum Gasteiger partial charge on any atom is -0.305 e. The molecule has 1 aromatic heterocycles. The summed E-state index contributed by atoms with van der Waals surface area (Å²) in [6.07, 6.45) is 1.70. The third-order valence-electron chi connectivity index (χ3n) is 3.10. The second kappa shape index (κ2) is 5.43. The first kappa shape index (κ1) is 12.8. The average molecular weight is 273 g/mol. The van der Waals surface area contributed by atoms with Crippen LogP contribution in [-0.2, 0) is 0 Å². The van der Waals surface area contributed by atoms with E-state index in [-0.39, 0.29) is 11.4 Å². The average Bonchev–Trinajstić information content (AvgIpc) is 2.53. The van der Waals surface area contributed by atoms with Gasteiger partial charge in [0.15, 0.2) is 5.82 Å². The predicted molar refractivity (Wildman–Crippen MR) is 82.3 cm³/mol. The fraction of sp³-hybridized carbons (Fsp3) is 0. The van der Waals surface area contributed by atoms with Gasteiger partial charge in [-0.3, -0.25) is 4.79 Å². The SMILES string of the molecule is N#C/C(=C/c1ccccc1)c1nc2ccccc2c(=O)[nH]1. The Hall–Kier alpha value is -3.19. The molecular weight excluding hydrogens is 262 g/mol. The summed E-state index contributed by atoms with van der Waals surface area (Å²) in [5.74, 6) is 0.282. The minimum absolute atomic E-state index is 0.246. The first-order chi connectivity index (χ1) is 10.3. The first-order valence-corrected chi connectivity index (χ1v) is 6.44. The van der Waals surface area contributed by atoms with E-state index in [0.29, 0.717) is 16.5 Å². The van der Waals surface area contributed by atoms with Gasteiger partial charge in [-0.1, -0.05) is 42.5 Å². The molecule has 100 valence electrons. The largest absolute Gasteiger partial charge is 0.305 e. The number of nitrogens with zero attached hydrogens (tertiary/aromatic N) is 2. The smallest absolute Gasteiger partial charge is 0.259 e. The number of fused-ring (bicyclic) bond motifs is 1. The van der Waals surface area contributed by atoms with Crippen molar-refractivity contribution in [1.82, 2.24) is 9.97 Å². The highest BCUT2D eigenvalue weighted by Crippen LogP contribution is 2.15. The molecule has 21 heavy (non-hydrogen) atoms. The van der Waals surface area contributed by atoms with E-state index in [4.69, 9.17) is 0 Å². The maximum atomic E-state index is 12.0. The lowest BCUT2D eigenvalue weighted by molar-refractivity contribution is 1.13. The van der Waals surface area contributed by atoms with Gasteiger partial charge in [-0.25, -0.2) is 4.98 Å². The Kier molecular flexibility index (Phi) is 3.32. The highest BCUT2D eigenvalue weighted by Gasteiger charge is 2.07. The molecule has 0 saturated heterocycles. The number of nitrogens with one attached hydrogen (secondary N) is 1. The van der Waals surface area contributed by atoms with Crippen molar-refractivity contribution in [2.45, 2.75) is 0 Å².